The number of benzene rings is 2. The summed E-state index contributed by atoms with van der Waals surface area (Å²) in [7, 11) is -3.68. The van der Waals surface area contributed by atoms with E-state index in [2.05, 4.69) is 15.0 Å². The summed E-state index contributed by atoms with van der Waals surface area (Å²) < 4.78 is 29.1. The van der Waals surface area contributed by atoms with E-state index in [1.165, 1.54) is 12.1 Å². The fourth-order valence-corrected chi connectivity index (χ4v) is 4.35. The molecule has 0 aliphatic carbocycles. The molecule has 0 fully saturated rings. The van der Waals surface area contributed by atoms with Gasteiger partial charge in [0.15, 0.2) is 0 Å². The minimum Gasteiger partial charge on any atom is -0.326 e. The zero-order valence-electron chi connectivity index (χ0n) is 14.4. The summed E-state index contributed by atoms with van der Waals surface area (Å²) in [5, 5.41) is 2.67. The molecule has 0 saturated carbocycles. The summed E-state index contributed by atoms with van der Waals surface area (Å²) in [6.07, 6.45) is 0.647. The molecule has 1 aromatic heterocycles. The van der Waals surface area contributed by atoms with Crippen LogP contribution in [0.2, 0.25) is 0 Å². The summed E-state index contributed by atoms with van der Waals surface area (Å²) in [4.78, 5) is 26.3. The highest BCUT2D eigenvalue weighted by Crippen LogP contribution is 2.25. The zero-order chi connectivity index (χ0) is 19.0. The number of amides is 1. The van der Waals surface area contributed by atoms with Crippen LogP contribution in [0.3, 0.4) is 0 Å². The lowest BCUT2D eigenvalue weighted by atomic mass is 10.2. The van der Waals surface area contributed by atoms with Crippen molar-refractivity contribution < 1.29 is 13.2 Å². The van der Waals surface area contributed by atoms with Crippen LogP contribution < -0.4 is 15.7 Å². The SMILES string of the molecule is O=C1Cc2cc(S(=O)(=O)NCCCn3c(=O)[nH]c4ccccc43)ccc2N1. The number of fused-ring (bicyclic) bond motifs is 2. The molecular formula is C18H18N4O4S. The van der Waals surface area contributed by atoms with Gasteiger partial charge in [0.25, 0.3) is 0 Å². The van der Waals surface area contributed by atoms with Crippen molar-refractivity contribution in [3.05, 3.63) is 58.5 Å². The first-order chi connectivity index (χ1) is 12.9. The lowest BCUT2D eigenvalue weighted by molar-refractivity contribution is -0.115. The van der Waals surface area contributed by atoms with Crippen LogP contribution in [0.4, 0.5) is 5.69 Å². The van der Waals surface area contributed by atoms with Crippen LogP contribution in [0, 0.1) is 0 Å². The van der Waals surface area contributed by atoms with Crippen molar-refractivity contribution in [2.24, 2.45) is 0 Å². The molecule has 3 N–H and O–H groups in total. The molecular weight excluding hydrogens is 368 g/mol. The fraction of sp³-hybridized carbons (Fsp3) is 0.222. The van der Waals surface area contributed by atoms with Gasteiger partial charge in [-0.25, -0.2) is 17.9 Å². The number of nitrogens with one attached hydrogen (secondary N) is 3. The molecule has 4 rings (SSSR count). The molecule has 0 spiro atoms. The lowest BCUT2D eigenvalue weighted by Crippen LogP contribution is -2.27. The van der Waals surface area contributed by atoms with Crippen molar-refractivity contribution in [2.75, 3.05) is 11.9 Å². The molecule has 0 radical (unpaired) electrons. The van der Waals surface area contributed by atoms with Crippen LogP contribution in [-0.2, 0) is 27.8 Å². The average Bonchev–Trinajstić information content (AvgIpc) is 3.16. The second-order valence-corrected chi connectivity index (χ2v) is 8.16. The topological polar surface area (TPSA) is 113 Å². The number of H-pyrrole nitrogens is 1. The Morgan fingerprint density at radius 2 is 1.93 bits per heavy atom. The van der Waals surface area contributed by atoms with Gasteiger partial charge >= 0.3 is 5.69 Å². The molecule has 27 heavy (non-hydrogen) atoms. The van der Waals surface area contributed by atoms with Gasteiger partial charge in [-0.05, 0) is 42.3 Å². The maximum absolute atomic E-state index is 12.5. The molecule has 9 heteroatoms. The third kappa shape index (κ3) is 3.38. The van der Waals surface area contributed by atoms with Crippen molar-refractivity contribution in [2.45, 2.75) is 24.3 Å². The molecule has 140 valence electrons. The predicted molar refractivity (Wildman–Crippen MR) is 101 cm³/mol. The van der Waals surface area contributed by atoms with Crippen molar-refractivity contribution in [1.29, 1.82) is 0 Å². The van der Waals surface area contributed by atoms with Gasteiger partial charge in [-0.15, -0.1) is 0 Å². The van der Waals surface area contributed by atoms with Crippen molar-refractivity contribution >= 4 is 32.7 Å². The van der Waals surface area contributed by atoms with Gasteiger partial charge in [0, 0.05) is 18.8 Å². The van der Waals surface area contributed by atoms with Crippen LogP contribution in [0.25, 0.3) is 11.0 Å². The number of imidazole rings is 1. The molecule has 0 bridgehead atoms. The first kappa shape index (κ1) is 17.5. The standard InChI is InChI=1S/C18H18N4O4S/c23-17-11-12-10-13(6-7-14(12)20-17)27(25,26)19-8-3-9-22-16-5-2-1-4-15(16)21-18(22)24/h1-2,4-7,10,19H,3,8-9,11H2,(H,20,23)(H,21,24). The van der Waals surface area contributed by atoms with Crippen LogP contribution in [0.15, 0.2) is 52.2 Å². The van der Waals surface area contributed by atoms with E-state index in [-0.39, 0.29) is 29.5 Å². The Labute approximate surface area is 155 Å². The molecule has 0 atom stereocenters. The molecule has 1 amide bonds. The van der Waals surface area contributed by atoms with E-state index in [1.54, 1.807) is 10.6 Å². The van der Waals surface area contributed by atoms with Gasteiger partial charge in [-0.2, -0.15) is 0 Å². The average molecular weight is 386 g/mol. The Kier molecular flexibility index (Phi) is 4.33. The normalized spacial score (nSPS) is 13.7. The Hall–Kier alpha value is -2.91. The number of hydrogen-bond donors (Lipinski definition) is 3. The maximum atomic E-state index is 12.5. The molecule has 8 nitrogen and oxygen atoms in total. The number of aromatic nitrogens is 2. The summed E-state index contributed by atoms with van der Waals surface area (Å²) in [5.74, 6) is -0.142. The van der Waals surface area contributed by atoms with E-state index in [4.69, 9.17) is 0 Å². The summed E-state index contributed by atoms with van der Waals surface area (Å²) in [6, 6.07) is 11.9. The van der Waals surface area contributed by atoms with Gasteiger partial charge in [-0.1, -0.05) is 12.1 Å². The first-order valence-corrected chi connectivity index (χ1v) is 10.0. The molecule has 2 heterocycles. The number of nitrogens with zero attached hydrogens (tertiary/aromatic N) is 1. The number of sulfonamides is 1. The first-order valence-electron chi connectivity index (χ1n) is 8.54. The Bertz CT molecular complexity index is 1190. The van der Waals surface area contributed by atoms with Gasteiger partial charge < -0.3 is 10.3 Å². The van der Waals surface area contributed by atoms with Crippen molar-refractivity contribution in [1.82, 2.24) is 14.3 Å². The predicted octanol–water partition coefficient (Wildman–Crippen LogP) is 1.19. The van der Waals surface area contributed by atoms with Crippen LogP contribution >= 0.6 is 0 Å². The molecule has 0 saturated heterocycles. The lowest BCUT2D eigenvalue weighted by Gasteiger charge is -2.09. The number of rotatable bonds is 6. The van der Waals surface area contributed by atoms with Gasteiger partial charge in [-0.3, -0.25) is 9.36 Å². The minimum absolute atomic E-state index is 0.127. The van der Waals surface area contributed by atoms with Crippen molar-refractivity contribution in [3.8, 4) is 0 Å². The monoisotopic (exact) mass is 386 g/mol. The van der Waals surface area contributed by atoms with E-state index in [1.807, 2.05) is 24.3 Å². The maximum Gasteiger partial charge on any atom is 0.326 e. The third-order valence-corrected chi connectivity index (χ3v) is 6.00. The van der Waals surface area contributed by atoms with E-state index in [0.29, 0.717) is 24.2 Å². The van der Waals surface area contributed by atoms with E-state index < -0.39 is 10.0 Å². The minimum atomic E-state index is -3.68. The Balaban J connectivity index is 1.41. The Morgan fingerprint density at radius 1 is 1.11 bits per heavy atom. The Morgan fingerprint density at radius 3 is 2.78 bits per heavy atom. The molecule has 2 aromatic carbocycles. The highest BCUT2D eigenvalue weighted by Gasteiger charge is 2.21. The van der Waals surface area contributed by atoms with E-state index in [0.717, 1.165) is 11.0 Å². The van der Waals surface area contributed by atoms with Gasteiger partial charge in [0.05, 0.1) is 22.3 Å². The number of aryl methyl sites for hydroxylation is 1. The van der Waals surface area contributed by atoms with E-state index in [9.17, 15) is 18.0 Å². The molecule has 3 aromatic rings. The number of carbonyl (C=O) groups is 1. The van der Waals surface area contributed by atoms with Crippen molar-refractivity contribution in [3.63, 3.8) is 0 Å². The van der Waals surface area contributed by atoms with Crippen LogP contribution in [0.1, 0.15) is 12.0 Å². The highest BCUT2D eigenvalue weighted by molar-refractivity contribution is 7.89. The number of carbonyl (C=O) groups excluding carboxylic acids is 1. The molecule has 1 aliphatic heterocycles. The number of para-hydroxylation sites is 2. The van der Waals surface area contributed by atoms with Crippen LogP contribution in [0.5, 0.6) is 0 Å². The summed E-state index contributed by atoms with van der Waals surface area (Å²) >= 11 is 0. The fourth-order valence-electron chi connectivity index (χ4n) is 3.23. The highest BCUT2D eigenvalue weighted by atomic mass is 32.2. The number of anilines is 1. The van der Waals surface area contributed by atoms with Gasteiger partial charge in [0.2, 0.25) is 15.9 Å². The quantitative estimate of drug-likeness (QED) is 0.552. The molecule has 0 unspecified atom stereocenters. The summed E-state index contributed by atoms with van der Waals surface area (Å²) in [6.45, 7) is 0.594. The molecule has 1 aliphatic rings. The number of aromatic amines is 1. The van der Waals surface area contributed by atoms with E-state index >= 15 is 0 Å². The summed E-state index contributed by atoms with van der Waals surface area (Å²) in [5.41, 5.74) is 2.66. The van der Waals surface area contributed by atoms with Crippen LogP contribution in [-0.4, -0.2) is 30.4 Å². The second-order valence-electron chi connectivity index (χ2n) is 6.39. The third-order valence-electron chi connectivity index (χ3n) is 4.54. The zero-order valence-corrected chi connectivity index (χ0v) is 15.2. The number of hydrogen-bond acceptors (Lipinski definition) is 4. The van der Waals surface area contributed by atoms with Gasteiger partial charge in [0.1, 0.15) is 0 Å². The second kappa shape index (κ2) is 6.67. The smallest absolute Gasteiger partial charge is 0.326 e. The largest absolute Gasteiger partial charge is 0.326 e.